The minimum absolute atomic E-state index is 0.143. The van der Waals surface area contributed by atoms with Crippen molar-refractivity contribution in [2.75, 3.05) is 0 Å². The van der Waals surface area contributed by atoms with Crippen molar-refractivity contribution in [2.45, 2.75) is 0 Å². The number of rotatable bonds is 5. The minimum Gasteiger partial charge on any atom is -0.455 e. The summed E-state index contributed by atoms with van der Waals surface area (Å²) in [5.74, 6) is -0.728. The molecule has 47 heavy (non-hydrogen) atoms. The van der Waals surface area contributed by atoms with Crippen LogP contribution < -0.4 is 0 Å². The number of fused-ring (bicyclic) bond motifs is 3. The van der Waals surface area contributed by atoms with Gasteiger partial charge in [-0.3, -0.25) is 0 Å². The van der Waals surface area contributed by atoms with Crippen molar-refractivity contribution in [2.24, 2.45) is 0 Å². The van der Waals surface area contributed by atoms with E-state index in [1.165, 1.54) is 18.2 Å². The van der Waals surface area contributed by atoms with E-state index in [1.54, 1.807) is 0 Å². The molecule has 0 amide bonds. The van der Waals surface area contributed by atoms with E-state index in [-0.39, 0.29) is 22.1 Å². The van der Waals surface area contributed by atoms with Gasteiger partial charge in [-0.1, -0.05) is 163 Å². The van der Waals surface area contributed by atoms with Crippen LogP contribution in [-0.2, 0) is 0 Å². The van der Waals surface area contributed by atoms with Gasteiger partial charge in [-0.25, -0.2) is 0 Å². The van der Waals surface area contributed by atoms with Crippen LogP contribution in [0, 0.1) is 0 Å². The molecule has 1 aromatic heterocycles. The first-order valence-electron chi connectivity index (χ1n) is 27.4. The van der Waals surface area contributed by atoms with Crippen LogP contribution in [0.15, 0.2) is 186 Å². The zero-order chi connectivity index (χ0) is 54.7. The maximum absolute atomic E-state index is 9.71. The summed E-state index contributed by atoms with van der Waals surface area (Å²) < 4.78 is 246. The Labute approximate surface area is 311 Å². The molecule has 0 unspecified atom stereocenters. The lowest BCUT2D eigenvalue weighted by molar-refractivity contribution is 0.632. The third-order valence-corrected chi connectivity index (χ3v) is 7.45. The Morgan fingerprint density at radius 2 is 0.809 bits per heavy atom. The first-order valence-corrected chi connectivity index (χ1v) is 13.9. The second-order valence-corrected chi connectivity index (χ2v) is 10.0. The zero-order valence-electron chi connectivity index (χ0n) is 50.6. The van der Waals surface area contributed by atoms with Gasteiger partial charge >= 0.3 is 0 Å². The molecule has 1 heterocycles. The van der Waals surface area contributed by atoms with Crippen molar-refractivity contribution in [1.29, 1.82) is 0 Å². The van der Waals surface area contributed by atoms with Gasteiger partial charge in [0.05, 0.1) is 37.0 Å². The third kappa shape index (κ3) is 4.64. The van der Waals surface area contributed by atoms with E-state index in [4.69, 9.17) is 33.2 Å². The summed E-state index contributed by atoms with van der Waals surface area (Å²) in [4.78, 5) is 0. The molecular formula is C46H30O. The Hall–Kier alpha value is -6.18. The van der Waals surface area contributed by atoms with E-state index < -0.39 is 229 Å². The molecule has 1 nitrogen and oxygen atoms in total. The van der Waals surface area contributed by atoms with Gasteiger partial charge in [-0.2, -0.15) is 0 Å². The van der Waals surface area contributed by atoms with Gasteiger partial charge in [0, 0.05) is 22.1 Å². The standard InChI is InChI=1S/C46H30O/c1-4-15-31(16-5-1)34-21-14-22-36(29-34)46-45(41-30-35(27-28-42(41)47-46)32-17-6-2-7-18-32)44-39-25-12-10-23-37(39)43(33-19-8-3-9-20-33)38-24-11-13-26-40(38)44/h1-30H/i1D,2D,3D,4D,5D,6D,7D,8D,9D,10D,11D,12D,13D,14D,15D,16D,17D,18D,19D,20D,21D,22D,23D,24D,25D,26D,29D. The van der Waals surface area contributed by atoms with Gasteiger partial charge < -0.3 is 4.42 Å². The quantitative estimate of drug-likeness (QED) is 0.173. The molecule has 0 aliphatic rings. The van der Waals surface area contributed by atoms with E-state index in [1.807, 2.05) is 0 Å². The van der Waals surface area contributed by atoms with Crippen LogP contribution >= 0.6 is 0 Å². The van der Waals surface area contributed by atoms with Gasteiger partial charge in [0.25, 0.3) is 0 Å². The van der Waals surface area contributed by atoms with Crippen molar-refractivity contribution < 1.29 is 41.4 Å². The molecule has 0 atom stereocenters. The molecular weight excluding hydrogens is 569 g/mol. The number of hydrogen-bond acceptors (Lipinski definition) is 1. The highest BCUT2D eigenvalue weighted by Crippen LogP contribution is 2.50. The van der Waals surface area contributed by atoms with E-state index in [0.717, 1.165) is 0 Å². The van der Waals surface area contributed by atoms with Gasteiger partial charge in [-0.15, -0.1) is 0 Å². The molecule has 9 aromatic rings. The highest BCUT2D eigenvalue weighted by Gasteiger charge is 2.24. The van der Waals surface area contributed by atoms with Gasteiger partial charge in [-0.05, 0) is 73.1 Å². The zero-order valence-corrected chi connectivity index (χ0v) is 23.6. The first kappa shape index (κ1) is 11.3. The number of benzene rings is 8. The summed E-state index contributed by atoms with van der Waals surface area (Å²) in [5.41, 5.74) is -5.67. The first-order chi connectivity index (χ1) is 34.5. The van der Waals surface area contributed by atoms with Crippen LogP contribution in [-0.4, -0.2) is 0 Å². The third-order valence-electron chi connectivity index (χ3n) is 7.45. The largest absolute Gasteiger partial charge is 0.455 e. The van der Waals surface area contributed by atoms with E-state index >= 15 is 0 Å². The molecule has 0 fully saturated rings. The molecule has 0 N–H and O–H groups in total. The summed E-state index contributed by atoms with van der Waals surface area (Å²) in [6, 6.07) is -20.7. The molecule has 0 saturated heterocycles. The van der Waals surface area contributed by atoms with Crippen molar-refractivity contribution >= 4 is 32.5 Å². The Bertz CT molecular complexity index is 3930. The van der Waals surface area contributed by atoms with Crippen LogP contribution in [0.2, 0.25) is 0 Å². The molecule has 0 aliphatic heterocycles. The van der Waals surface area contributed by atoms with Gasteiger partial charge in [0.2, 0.25) is 0 Å². The average Bonchev–Trinajstić information content (AvgIpc) is 3.74. The molecule has 1 heteroatoms. The van der Waals surface area contributed by atoms with Gasteiger partial charge in [0.15, 0.2) is 0 Å². The predicted molar refractivity (Wildman–Crippen MR) is 198 cm³/mol. The summed E-state index contributed by atoms with van der Waals surface area (Å²) in [6.07, 6.45) is 0. The fourth-order valence-electron chi connectivity index (χ4n) is 5.53. The lowest BCUT2D eigenvalue weighted by Crippen LogP contribution is -1.91. The summed E-state index contributed by atoms with van der Waals surface area (Å²) in [7, 11) is 0. The molecule has 9 rings (SSSR count). The van der Waals surface area contributed by atoms with Crippen LogP contribution in [0.1, 0.15) is 37.0 Å². The van der Waals surface area contributed by atoms with Crippen LogP contribution in [0.25, 0.3) is 88.3 Å². The molecule has 0 aliphatic carbocycles. The van der Waals surface area contributed by atoms with E-state index in [2.05, 4.69) is 0 Å². The minimum atomic E-state index is -1.00. The summed E-state index contributed by atoms with van der Waals surface area (Å²) in [5, 5.41) is -2.96. The van der Waals surface area contributed by atoms with Crippen LogP contribution in [0.3, 0.4) is 0 Å². The molecule has 220 valence electrons. The predicted octanol–water partition coefficient (Wildman–Crippen LogP) is 13.1. The highest BCUT2D eigenvalue weighted by atomic mass is 16.3. The lowest BCUT2D eigenvalue weighted by Gasteiger charge is -2.18. The Morgan fingerprint density at radius 3 is 1.40 bits per heavy atom. The van der Waals surface area contributed by atoms with Gasteiger partial charge in [0.1, 0.15) is 11.3 Å². The maximum Gasteiger partial charge on any atom is 0.143 e. The number of furan rings is 1. The van der Waals surface area contributed by atoms with Crippen molar-refractivity contribution in [3.05, 3.63) is 181 Å². The molecule has 0 bridgehead atoms. The molecule has 0 saturated carbocycles. The van der Waals surface area contributed by atoms with E-state index in [0.29, 0.717) is 0 Å². The van der Waals surface area contributed by atoms with Crippen LogP contribution in [0.5, 0.6) is 0 Å². The van der Waals surface area contributed by atoms with Crippen molar-refractivity contribution in [3.63, 3.8) is 0 Å². The molecule has 0 spiro atoms. The summed E-state index contributed by atoms with van der Waals surface area (Å²) in [6.45, 7) is 0. The maximum atomic E-state index is 9.71. The topological polar surface area (TPSA) is 13.1 Å². The fraction of sp³-hybridized carbons (Fsp3) is 0. The Kier molecular flexibility index (Phi) is 2.71. The van der Waals surface area contributed by atoms with Crippen LogP contribution in [0.4, 0.5) is 0 Å². The molecule has 0 radical (unpaired) electrons. The average molecular weight is 626 g/mol. The second-order valence-electron chi connectivity index (χ2n) is 10.0. The number of hydrogen-bond donors (Lipinski definition) is 0. The highest BCUT2D eigenvalue weighted by molar-refractivity contribution is 6.25. The molecule has 8 aromatic carbocycles. The summed E-state index contributed by atoms with van der Waals surface area (Å²) >= 11 is 0. The SMILES string of the molecule is [2H]c1c([2H])c([2H])c(-c2ccc3oc(-c4c([2H])c([2H])c([2H])c(-c5c([2H])c([2H])c([2H])c([2H])c5[2H])c4[2H])c(-c4c5c([2H])c([2H])c([2H])c([2H])c5c(-c5c([2H])c([2H])c([2H])c([2H])c5[2H])c5c([2H])c([2H])c([2H])c([2H])c45)c3c2)c([2H])c1[2H]. The van der Waals surface area contributed by atoms with Crippen molar-refractivity contribution in [1.82, 2.24) is 0 Å². The normalized spacial score (nSPS) is 19.4. The van der Waals surface area contributed by atoms with Crippen molar-refractivity contribution in [3.8, 4) is 55.8 Å². The second kappa shape index (κ2) is 11.3. The van der Waals surface area contributed by atoms with E-state index in [9.17, 15) is 8.22 Å². The Morgan fingerprint density at radius 1 is 0.340 bits per heavy atom. The lowest BCUT2D eigenvalue weighted by atomic mass is 9.84. The smallest absolute Gasteiger partial charge is 0.143 e. The monoisotopic (exact) mass is 625 g/mol. The fourth-order valence-corrected chi connectivity index (χ4v) is 5.53. The Balaban J connectivity index is 1.64.